The van der Waals surface area contributed by atoms with Crippen LogP contribution < -0.4 is 0 Å². The van der Waals surface area contributed by atoms with E-state index in [4.69, 9.17) is 4.74 Å². The summed E-state index contributed by atoms with van der Waals surface area (Å²) in [5.74, 6) is 1.42. The van der Waals surface area contributed by atoms with Gasteiger partial charge in [-0.15, -0.1) is 11.7 Å². The number of thiol groups is 1. The van der Waals surface area contributed by atoms with Crippen LogP contribution in [0.4, 0.5) is 4.79 Å². The number of piperazine rings is 1. The third kappa shape index (κ3) is 5.88. The van der Waals surface area contributed by atoms with Crippen LogP contribution in [0.25, 0.3) is 0 Å². The number of carbonyl (C=O) groups excluding carboxylic acids is 1. The zero-order valence-corrected chi connectivity index (χ0v) is 12.3. The Kier molecular flexibility index (Phi) is 7.15. The van der Waals surface area contributed by atoms with Crippen LogP contribution in [0.2, 0.25) is 0 Å². The highest BCUT2D eigenvalue weighted by Crippen LogP contribution is 2.08. The third-order valence-electron chi connectivity index (χ3n) is 2.67. The molecule has 100 valence electrons. The van der Waals surface area contributed by atoms with Crippen molar-refractivity contribution in [2.45, 2.75) is 13.8 Å². The first kappa shape index (κ1) is 15.0. The molecule has 1 rings (SSSR count). The molecule has 6 heteroatoms. The Balaban J connectivity index is 2.19. The summed E-state index contributed by atoms with van der Waals surface area (Å²) in [7, 11) is 1.56. The smallest absolute Gasteiger partial charge is 0.409 e. The zero-order valence-electron chi connectivity index (χ0n) is 10.6. The number of rotatable bonds is 5. The average Bonchev–Trinajstić information content (AvgIpc) is 2.34. The Bertz CT molecular complexity index is 232. The van der Waals surface area contributed by atoms with Crippen LogP contribution in [-0.4, -0.2) is 61.0 Å². The lowest BCUT2D eigenvalue weighted by Gasteiger charge is -2.33. The van der Waals surface area contributed by atoms with Crippen molar-refractivity contribution >= 4 is 28.5 Å². The topological polar surface area (TPSA) is 32.8 Å². The summed E-state index contributed by atoms with van der Waals surface area (Å²) in [5, 5.41) is 0. The van der Waals surface area contributed by atoms with Crippen LogP contribution in [0.15, 0.2) is 0 Å². The standard InChI is InChI=1S/C11H22N2O2S2/c1-10(2)9-15-11(14)13-5-3-12(4-6-13)7-8-17-16/h10,16H,3-9H2,1-2H3. The van der Waals surface area contributed by atoms with E-state index in [1.165, 1.54) is 0 Å². The van der Waals surface area contributed by atoms with Gasteiger partial charge in [0.1, 0.15) is 0 Å². The average molecular weight is 278 g/mol. The maximum absolute atomic E-state index is 11.7. The highest BCUT2D eigenvalue weighted by molar-refractivity contribution is 8.68. The van der Waals surface area contributed by atoms with Crippen molar-refractivity contribution in [2.75, 3.05) is 45.1 Å². The Morgan fingerprint density at radius 2 is 2.00 bits per heavy atom. The molecular formula is C11H22N2O2S2. The predicted molar refractivity (Wildman–Crippen MR) is 75.6 cm³/mol. The predicted octanol–water partition coefficient (Wildman–Crippen LogP) is 1.97. The first-order chi connectivity index (χ1) is 8.13. The largest absolute Gasteiger partial charge is 0.449 e. The van der Waals surface area contributed by atoms with Crippen LogP contribution in [-0.2, 0) is 4.74 Å². The van der Waals surface area contributed by atoms with Gasteiger partial charge in [-0.3, -0.25) is 4.90 Å². The minimum Gasteiger partial charge on any atom is -0.449 e. The van der Waals surface area contributed by atoms with E-state index in [1.54, 1.807) is 15.7 Å². The molecule has 0 unspecified atom stereocenters. The second-order valence-electron chi connectivity index (χ2n) is 4.63. The van der Waals surface area contributed by atoms with Gasteiger partial charge >= 0.3 is 6.09 Å². The quantitative estimate of drug-likeness (QED) is 0.616. The Morgan fingerprint density at radius 1 is 1.35 bits per heavy atom. The molecule has 1 saturated heterocycles. The molecule has 0 bridgehead atoms. The molecule has 0 N–H and O–H groups in total. The summed E-state index contributed by atoms with van der Waals surface area (Å²) < 4.78 is 5.21. The molecule has 1 aliphatic heterocycles. The van der Waals surface area contributed by atoms with Crippen molar-refractivity contribution in [1.82, 2.24) is 9.80 Å². The molecule has 0 atom stereocenters. The van der Waals surface area contributed by atoms with Gasteiger partial charge in [0.15, 0.2) is 0 Å². The summed E-state index contributed by atoms with van der Waals surface area (Å²) in [4.78, 5) is 15.8. The normalized spacial score (nSPS) is 17.5. The molecular weight excluding hydrogens is 256 g/mol. The second-order valence-corrected chi connectivity index (χ2v) is 6.07. The van der Waals surface area contributed by atoms with Crippen LogP contribution >= 0.6 is 22.5 Å². The fraction of sp³-hybridized carbons (Fsp3) is 0.909. The van der Waals surface area contributed by atoms with Gasteiger partial charge < -0.3 is 9.64 Å². The Hall–Kier alpha value is -0.0700. The van der Waals surface area contributed by atoms with E-state index in [0.717, 1.165) is 38.5 Å². The van der Waals surface area contributed by atoms with E-state index < -0.39 is 0 Å². The molecule has 4 nitrogen and oxygen atoms in total. The summed E-state index contributed by atoms with van der Waals surface area (Å²) in [5.41, 5.74) is 0. The maximum Gasteiger partial charge on any atom is 0.409 e. The van der Waals surface area contributed by atoms with E-state index in [-0.39, 0.29) is 6.09 Å². The summed E-state index contributed by atoms with van der Waals surface area (Å²) in [6.07, 6.45) is -0.165. The van der Waals surface area contributed by atoms with E-state index in [1.807, 2.05) is 13.8 Å². The van der Waals surface area contributed by atoms with Gasteiger partial charge in [0, 0.05) is 38.5 Å². The number of hydrogen-bond donors (Lipinski definition) is 1. The monoisotopic (exact) mass is 278 g/mol. The molecule has 0 spiro atoms. The van der Waals surface area contributed by atoms with Crippen LogP contribution in [0.3, 0.4) is 0 Å². The molecule has 0 aromatic heterocycles. The van der Waals surface area contributed by atoms with Crippen molar-refractivity contribution in [3.8, 4) is 0 Å². The SMILES string of the molecule is CC(C)COC(=O)N1CCN(CCSS)CC1. The van der Waals surface area contributed by atoms with Gasteiger partial charge in [-0.1, -0.05) is 24.6 Å². The Morgan fingerprint density at radius 3 is 2.53 bits per heavy atom. The minimum absolute atomic E-state index is 0.165. The van der Waals surface area contributed by atoms with Crippen LogP contribution in [0, 0.1) is 5.92 Å². The highest BCUT2D eigenvalue weighted by atomic mass is 33.1. The fourth-order valence-corrected chi connectivity index (χ4v) is 2.24. The zero-order chi connectivity index (χ0) is 12.7. The molecule has 0 radical (unpaired) electrons. The molecule has 1 aliphatic rings. The molecule has 0 aliphatic carbocycles. The molecule has 0 saturated carbocycles. The van der Waals surface area contributed by atoms with Gasteiger partial charge in [-0.2, -0.15) is 0 Å². The van der Waals surface area contributed by atoms with Gasteiger partial charge in [0.25, 0.3) is 0 Å². The van der Waals surface area contributed by atoms with E-state index in [0.29, 0.717) is 12.5 Å². The molecule has 1 amide bonds. The van der Waals surface area contributed by atoms with Crippen molar-refractivity contribution in [1.29, 1.82) is 0 Å². The molecule has 0 aromatic carbocycles. The second kappa shape index (κ2) is 8.11. The van der Waals surface area contributed by atoms with Gasteiger partial charge in [0.2, 0.25) is 0 Å². The lowest BCUT2D eigenvalue weighted by molar-refractivity contribution is 0.0704. The number of hydrogen-bond acceptors (Lipinski definition) is 5. The molecule has 17 heavy (non-hydrogen) atoms. The van der Waals surface area contributed by atoms with Gasteiger partial charge in [-0.25, -0.2) is 4.79 Å². The molecule has 1 fully saturated rings. The van der Waals surface area contributed by atoms with Crippen LogP contribution in [0.5, 0.6) is 0 Å². The number of nitrogens with zero attached hydrogens (tertiary/aromatic N) is 2. The lowest BCUT2D eigenvalue weighted by atomic mass is 10.2. The van der Waals surface area contributed by atoms with Crippen LogP contribution in [0.1, 0.15) is 13.8 Å². The van der Waals surface area contributed by atoms with E-state index in [2.05, 4.69) is 16.6 Å². The number of ether oxygens (including phenoxy) is 1. The first-order valence-corrected chi connectivity index (χ1v) is 8.07. The van der Waals surface area contributed by atoms with E-state index in [9.17, 15) is 4.79 Å². The van der Waals surface area contributed by atoms with Gasteiger partial charge in [-0.05, 0) is 5.92 Å². The summed E-state index contributed by atoms with van der Waals surface area (Å²) in [6.45, 7) is 9.05. The van der Waals surface area contributed by atoms with Crippen molar-refractivity contribution in [3.05, 3.63) is 0 Å². The minimum atomic E-state index is -0.165. The van der Waals surface area contributed by atoms with Crippen molar-refractivity contribution in [3.63, 3.8) is 0 Å². The number of amides is 1. The fourth-order valence-electron chi connectivity index (χ4n) is 1.65. The van der Waals surface area contributed by atoms with Crippen molar-refractivity contribution in [2.24, 2.45) is 5.92 Å². The number of carbonyl (C=O) groups is 1. The summed E-state index contributed by atoms with van der Waals surface area (Å²) in [6, 6.07) is 0. The van der Waals surface area contributed by atoms with Gasteiger partial charge in [0.05, 0.1) is 6.61 Å². The van der Waals surface area contributed by atoms with Crippen molar-refractivity contribution < 1.29 is 9.53 Å². The molecule has 0 aromatic rings. The first-order valence-electron chi connectivity index (χ1n) is 6.04. The lowest BCUT2D eigenvalue weighted by Crippen LogP contribution is -2.49. The maximum atomic E-state index is 11.7. The summed E-state index contributed by atoms with van der Waals surface area (Å²) >= 11 is 4.12. The Labute approximate surface area is 113 Å². The molecule has 1 heterocycles. The highest BCUT2D eigenvalue weighted by Gasteiger charge is 2.21. The van der Waals surface area contributed by atoms with E-state index >= 15 is 0 Å². The third-order valence-corrected chi connectivity index (χ3v) is 3.58.